The van der Waals surface area contributed by atoms with Crippen LogP contribution in [0.15, 0.2) is 194 Å². The van der Waals surface area contributed by atoms with Gasteiger partial charge in [-0.25, -0.2) is 24.9 Å². The Morgan fingerprint density at radius 2 is 0.607 bits per heavy atom. The molecule has 0 atom stereocenters. The van der Waals surface area contributed by atoms with Crippen LogP contribution in [0, 0.1) is 11.3 Å². The molecular weight excluding hydrogens is 685 g/mol. The number of hydrogen-bond acceptors (Lipinski definition) is 6. The van der Waals surface area contributed by atoms with E-state index in [4.69, 9.17) is 24.9 Å². The Kier molecular flexibility index (Phi) is 9.23. The van der Waals surface area contributed by atoms with E-state index in [9.17, 15) is 5.26 Å². The zero-order valence-electron chi connectivity index (χ0n) is 30.2. The third-order valence-electron chi connectivity index (χ3n) is 9.62. The quantitative estimate of drug-likeness (QED) is 0.156. The fraction of sp³-hybridized carbons (Fsp3) is 0. The van der Waals surface area contributed by atoms with Crippen molar-refractivity contribution in [3.05, 3.63) is 200 Å². The Morgan fingerprint density at radius 1 is 0.268 bits per heavy atom. The molecule has 0 bridgehead atoms. The molecule has 0 aliphatic heterocycles. The molecule has 0 radical (unpaired) electrons. The monoisotopic (exact) mass is 716 g/mol. The SMILES string of the molecule is N#Cc1ccc(-c2ccc(-c3nc(-c4ccccc4)nc(-c4ccc(-c5cccc(-c6cc(-c7ccccc7)nc(-c7ccccc7)n6)c5)cc4)n3)cc2)cc1. The van der Waals surface area contributed by atoms with Gasteiger partial charge in [-0.05, 0) is 46.5 Å². The Morgan fingerprint density at radius 3 is 1.09 bits per heavy atom. The van der Waals surface area contributed by atoms with Crippen LogP contribution < -0.4 is 0 Å². The van der Waals surface area contributed by atoms with Crippen LogP contribution in [-0.2, 0) is 0 Å². The molecule has 0 saturated carbocycles. The minimum Gasteiger partial charge on any atom is -0.228 e. The van der Waals surface area contributed by atoms with Crippen LogP contribution >= 0.6 is 0 Å². The summed E-state index contributed by atoms with van der Waals surface area (Å²) in [5.74, 6) is 2.47. The predicted molar refractivity (Wildman–Crippen MR) is 224 cm³/mol. The first-order chi connectivity index (χ1) is 27.7. The summed E-state index contributed by atoms with van der Waals surface area (Å²) in [5, 5.41) is 9.19. The summed E-state index contributed by atoms with van der Waals surface area (Å²) in [5.41, 5.74) is 12.3. The van der Waals surface area contributed by atoms with Crippen LogP contribution in [0.2, 0.25) is 0 Å². The zero-order valence-corrected chi connectivity index (χ0v) is 30.2. The van der Waals surface area contributed by atoms with Crippen molar-refractivity contribution in [3.8, 4) is 96.4 Å². The summed E-state index contributed by atoms with van der Waals surface area (Å²) in [6.07, 6.45) is 0. The molecule has 0 spiro atoms. The number of nitrogens with zero attached hydrogens (tertiary/aromatic N) is 6. The van der Waals surface area contributed by atoms with Crippen LogP contribution in [0.5, 0.6) is 0 Å². The van der Waals surface area contributed by atoms with Gasteiger partial charge in [0.05, 0.1) is 23.0 Å². The lowest BCUT2D eigenvalue weighted by Crippen LogP contribution is -2.00. The first-order valence-electron chi connectivity index (χ1n) is 18.3. The maximum absolute atomic E-state index is 9.19. The van der Waals surface area contributed by atoms with E-state index in [1.807, 2.05) is 115 Å². The van der Waals surface area contributed by atoms with Crippen LogP contribution in [0.3, 0.4) is 0 Å². The molecule has 0 aliphatic carbocycles. The number of rotatable bonds is 8. The Bertz CT molecular complexity index is 2760. The zero-order chi connectivity index (χ0) is 37.7. The number of nitriles is 1. The molecule has 0 unspecified atom stereocenters. The van der Waals surface area contributed by atoms with E-state index < -0.39 is 0 Å². The molecule has 9 rings (SSSR count). The van der Waals surface area contributed by atoms with Gasteiger partial charge in [-0.3, -0.25) is 0 Å². The minimum atomic E-state index is 0.589. The highest BCUT2D eigenvalue weighted by atomic mass is 15.0. The van der Waals surface area contributed by atoms with Gasteiger partial charge in [0.1, 0.15) is 0 Å². The van der Waals surface area contributed by atoms with Crippen LogP contribution in [0.25, 0.3) is 90.3 Å². The highest BCUT2D eigenvalue weighted by Gasteiger charge is 2.14. The lowest BCUT2D eigenvalue weighted by molar-refractivity contribution is 1.07. The molecule has 0 saturated heterocycles. The van der Waals surface area contributed by atoms with Gasteiger partial charge in [0.25, 0.3) is 0 Å². The average molecular weight is 717 g/mol. The predicted octanol–water partition coefficient (Wildman–Crippen LogP) is 11.9. The summed E-state index contributed by atoms with van der Waals surface area (Å²) in [6.45, 7) is 0. The maximum Gasteiger partial charge on any atom is 0.164 e. The van der Waals surface area contributed by atoms with Gasteiger partial charge in [-0.1, -0.05) is 170 Å². The topological polar surface area (TPSA) is 88.2 Å². The molecule has 56 heavy (non-hydrogen) atoms. The van der Waals surface area contributed by atoms with Gasteiger partial charge in [0.2, 0.25) is 0 Å². The summed E-state index contributed by atoms with van der Waals surface area (Å²) in [4.78, 5) is 24.8. The van der Waals surface area contributed by atoms with Gasteiger partial charge in [0, 0.05) is 33.4 Å². The summed E-state index contributed by atoms with van der Waals surface area (Å²) in [6, 6.07) is 67.1. The van der Waals surface area contributed by atoms with Gasteiger partial charge >= 0.3 is 0 Å². The summed E-state index contributed by atoms with van der Waals surface area (Å²) in [7, 11) is 0. The molecular formula is C50H32N6. The van der Waals surface area contributed by atoms with Crippen LogP contribution in [-0.4, -0.2) is 24.9 Å². The van der Waals surface area contributed by atoms with E-state index in [0.717, 1.165) is 67.0 Å². The highest BCUT2D eigenvalue weighted by Crippen LogP contribution is 2.32. The molecule has 0 N–H and O–H groups in total. The first-order valence-corrected chi connectivity index (χ1v) is 18.3. The molecule has 0 amide bonds. The van der Waals surface area contributed by atoms with E-state index in [0.29, 0.717) is 28.9 Å². The third-order valence-corrected chi connectivity index (χ3v) is 9.62. The van der Waals surface area contributed by atoms with Crippen molar-refractivity contribution < 1.29 is 0 Å². The van der Waals surface area contributed by atoms with Crippen LogP contribution in [0.1, 0.15) is 5.56 Å². The van der Waals surface area contributed by atoms with Gasteiger partial charge in [-0.15, -0.1) is 0 Å². The van der Waals surface area contributed by atoms with E-state index in [2.05, 4.69) is 84.9 Å². The fourth-order valence-electron chi connectivity index (χ4n) is 6.64. The van der Waals surface area contributed by atoms with E-state index >= 15 is 0 Å². The van der Waals surface area contributed by atoms with Crippen molar-refractivity contribution in [3.63, 3.8) is 0 Å². The van der Waals surface area contributed by atoms with Gasteiger partial charge in [0.15, 0.2) is 23.3 Å². The molecule has 7 aromatic carbocycles. The standard InChI is InChI=1S/C50H32N6/c51-33-34-19-21-35(22-20-34)36-23-27-41(28-24-36)49-54-48(40-15-8-3-9-16-40)55-50(56-49)42-29-25-37(26-30-42)43-17-10-18-44(31-43)46-32-45(38-11-4-1-5-12-38)52-47(53-46)39-13-6-2-7-14-39/h1-32H. The highest BCUT2D eigenvalue weighted by molar-refractivity contribution is 5.77. The molecule has 0 fully saturated rings. The Labute approximate surface area is 325 Å². The average Bonchev–Trinajstić information content (AvgIpc) is 3.30. The summed E-state index contributed by atoms with van der Waals surface area (Å²) >= 11 is 0. The second-order valence-corrected chi connectivity index (χ2v) is 13.3. The van der Waals surface area contributed by atoms with Crippen molar-refractivity contribution in [2.75, 3.05) is 0 Å². The molecule has 2 aromatic heterocycles. The molecule has 0 aliphatic rings. The smallest absolute Gasteiger partial charge is 0.164 e. The Hall–Kier alpha value is -7.88. The second kappa shape index (κ2) is 15.2. The van der Waals surface area contributed by atoms with E-state index in [-0.39, 0.29) is 0 Å². The van der Waals surface area contributed by atoms with Crippen LogP contribution in [0.4, 0.5) is 0 Å². The summed E-state index contributed by atoms with van der Waals surface area (Å²) < 4.78 is 0. The van der Waals surface area contributed by atoms with Crippen molar-refractivity contribution in [2.24, 2.45) is 0 Å². The molecule has 262 valence electrons. The molecule has 6 nitrogen and oxygen atoms in total. The number of benzene rings is 7. The van der Waals surface area contributed by atoms with Crippen molar-refractivity contribution in [2.45, 2.75) is 0 Å². The normalized spacial score (nSPS) is 10.8. The van der Waals surface area contributed by atoms with Crippen molar-refractivity contribution >= 4 is 0 Å². The molecule has 2 heterocycles. The second-order valence-electron chi connectivity index (χ2n) is 13.3. The maximum atomic E-state index is 9.19. The largest absolute Gasteiger partial charge is 0.228 e. The van der Waals surface area contributed by atoms with Crippen molar-refractivity contribution in [1.29, 1.82) is 5.26 Å². The Balaban J connectivity index is 1.05. The van der Waals surface area contributed by atoms with E-state index in [1.165, 1.54) is 0 Å². The lowest BCUT2D eigenvalue weighted by atomic mass is 9.99. The fourth-order valence-corrected chi connectivity index (χ4v) is 6.64. The lowest BCUT2D eigenvalue weighted by Gasteiger charge is -2.11. The third kappa shape index (κ3) is 7.21. The molecule has 6 heteroatoms. The number of hydrogen-bond donors (Lipinski definition) is 0. The van der Waals surface area contributed by atoms with Gasteiger partial charge in [-0.2, -0.15) is 5.26 Å². The van der Waals surface area contributed by atoms with E-state index in [1.54, 1.807) is 0 Å². The van der Waals surface area contributed by atoms with Crippen molar-refractivity contribution in [1.82, 2.24) is 24.9 Å². The molecule has 9 aromatic rings. The van der Waals surface area contributed by atoms with Gasteiger partial charge < -0.3 is 0 Å². The first kappa shape index (κ1) is 33.9. The minimum absolute atomic E-state index is 0.589. The number of aromatic nitrogens is 5.